The molecule has 2 aromatic heterocycles. The van der Waals surface area contributed by atoms with Gasteiger partial charge in [0.25, 0.3) is 5.56 Å². The molecule has 0 atom stereocenters. The zero-order valence-corrected chi connectivity index (χ0v) is 19.5. The molecule has 0 saturated heterocycles. The van der Waals surface area contributed by atoms with Crippen molar-refractivity contribution in [3.05, 3.63) is 86.6 Å². The van der Waals surface area contributed by atoms with Crippen LogP contribution in [0.3, 0.4) is 0 Å². The lowest BCUT2D eigenvalue weighted by molar-refractivity contribution is 0.355. The number of ether oxygens (including phenoxy) is 2. The molecule has 2 aromatic carbocycles. The molecule has 33 heavy (non-hydrogen) atoms. The molecule has 0 amide bonds. The predicted molar refractivity (Wildman–Crippen MR) is 125 cm³/mol. The molecule has 4 aromatic rings. The highest BCUT2D eigenvalue weighted by atomic mass is 32.2. The number of H-pyrrole nitrogens is 1. The second-order valence-corrected chi connectivity index (χ2v) is 10.1. The summed E-state index contributed by atoms with van der Waals surface area (Å²) in [5.74, 6) is 0.0743. The summed E-state index contributed by atoms with van der Waals surface area (Å²) in [7, 11) is -1.24. The van der Waals surface area contributed by atoms with Crippen LogP contribution in [-0.4, -0.2) is 31.9 Å². The van der Waals surface area contributed by atoms with Gasteiger partial charge in [0, 0.05) is 35.0 Å². The molecular formula is C23H21FN2O5S2. The van der Waals surface area contributed by atoms with Gasteiger partial charge in [-0.2, -0.15) is 4.31 Å². The Morgan fingerprint density at radius 3 is 2.39 bits per heavy atom. The molecule has 0 aliphatic rings. The molecule has 0 saturated carbocycles. The van der Waals surface area contributed by atoms with Gasteiger partial charge in [0.2, 0.25) is 10.0 Å². The Morgan fingerprint density at radius 2 is 1.73 bits per heavy atom. The molecule has 7 nitrogen and oxygen atoms in total. The van der Waals surface area contributed by atoms with Crippen molar-refractivity contribution in [1.29, 1.82) is 0 Å². The SMILES string of the molecule is COc1cc2cc(CN(Cc3cccs3)S(=O)(=O)c3ccccc3F)c(=O)[nH]c2cc1OC. The van der Waals surface area contributed by atoms with Crippen LogP contribution in [0.4, 0.5) is 4.39 Å². The van der Waals surface area contributed by atoms with E-state index < -0.39 is 26.3 Å². The van der Waals surface area contributed by atoms with E-state index in [1.165, 1.54) is 43.8 Å². The number of nitrogens with one attached hydrogen (secondary N) is 1. The summed E-state index contributed by atoms with van der Waals surface area (Å²) in [6, 6.07) is 13.7. The predicted octanol–water partition coefficient (Wildman–Crippen LogP) is 4.14. The summed E-state index contributed by atoms with van der Waals surface area (Å²) in [4.78, 5) is 15.9. The maximum atomic E-state index is 14.4. The smallest absolute Gasteiger partial charge is 0.252 e. The molecule has 0 aliphatic heterocycles. The first-order valence-electron chi connectivity index (χ1n) is 9.88. The van der Waals surface area contributed by atoms with Gasteiger partial charge in [-0.25, -0.2) is 12.8 Å². The minimum Gasteiger partial charge on any atom is -0.493 e. The number of nitrogens with zero attached hydrogens (tertiary/aromatic N) is 1. The van der Waals surface area contributed by atoms with E-state index in [2.05, 4.69) is 4.98 Å². The van der Waals surface area contributed by atoms with Crippen LogP contribution in [0.1, 0.15) is 10.4 Å². The standard InChI is InChI=1S/C23H21FN2O5S2/c1-30-20-11-15-10-16(23(27)25-19(15)12-21(20)31-2)13-26(14-17-6-5-9-32-17)33(28,29)22-8-4-3-7-18(22)24/h3-12H,13-14H2,1-2H3,(H,25,27). The summed E-state index contributed by atoms with van der Waals surface area (Å²) in [6.45, 7) is -0.244. The monoisotopic (exact) mass is 488 g/mol. The van der Waals surface area contributed by atoms with Gasteiger partial charge in [0.1, 0.15) is 10.7 Å². The third-order valence-corrected chi connectivity index (χ3v) is 7.82. The fourth-order valence-electron chi connectivity index (χ4n) is 3.48. The van der Waals surface area contributed by atoms with E-state index >= 15 is 0 Å². The van der Waals surface area contributed by atoms with Gasteiger partial charge in [0.15, 0.2) is 11.5 Å². The minimum absolute atomic E-state index is 0.00224. The van der Waals surface area contributed by atoms with Crippen LogP contribution in [-0.2, 0) is 23.1 Å². The van der Waals surface area contributed by atoms with Crippen molar-refractivity contribution < 1.29 is 22.3 Å². The molecule has 1 N–H and O–H groups in total. The van der Waals surface area contributed by atoms with Crippen molar-refractivity contribution in [2.45, 2.75) is 18.0 Å². The number of rotatable bonds is 8. The first kappa shape index (κ1) is 23.0. The molecule has 0 aliphatic carbocycles. The third kappa shape index (κ3) is 4.63. The third-order valence-electron chi connectivity index (χ3n) is 5.14. The van der Waals surface area contributed by atoms with Crippen LogP contribution in [0.5, 0.6) is 11.5 Å². The normalized spacial score (nSPS) is 11.8. The van der Waals surface area contributed by atoms with E-state index in [4.69, 9.17) is 9.47 Å². The van der Waals surface area contributed by atoms with Crippen molar-refractivity contribution in [3.8, 4) is 11.5 Å². The van der Waals surface area contributed by atoms with Gasteiger partial charge in [-0.1, -0.05) is 18.2 Å². The molecule has 4 rings (SSSR count). The maximum Gasteiger partial charge on any atom is 0.252 e. The molecule has 2 heterocycles. The van der Waals surface area contributed by atoms with Crippen LogP contribution in [0.2, 0.25) is 0 Å². The van der Waals surface area contributed by atoms with Crippen LogP contribution < -0.4 is 15.0 Å². The van der Waals surface area contributed by atoms with Crippen molar-refractivity contribution in [1.82, 2.24) is 9.29 Å². The second kappa shape index (κ2) is 9.34. The van der Waals surface area contributed by atoms with E-state index in [0.29, 0.717) is 22.4 Å². The van der Waals surface area contributed by atoms with E-state index in [1.54, 1.807) is 30.3 Å². The first-order chi connectivity index (χ1) is 15.8. The van der Waals surface area contributed by atoms with Crippen LogP contribution in [0.25, 0.3) is 10.9 Å². The number of halogens is 1. The maximum absolute atomic E-state index is 14.4. The topological polar surface area (TPSA) is 88.7 Å². The van der Waals surface area contributed by atoms with Crippen molar-refractivity contribution >= 4 is 32.3 Å². The summed E-state index contributed by atoms with van der Waals surface area (Å²) in [5, 5.41) is 2.47. The largest absolute Gasteiger partial charge is 0.493 e. The number of pyridine rings is 1. The molecule has 0 bridgehead atoms. The van der Waals surface area contributed by atoms with E-state index in [9.17, 15) is 17.6 Å². The summed E-state index contributed by atoms with van der Waals surface area (Å²) in [6.07, 6.45) is 0. The van der Waals surface area contributed by atoms with E-state index in [-0.39, 0.29) is 18.7 Å². The number of hydrogen-bond donors (Lipinski definition) is 1. The fraction of sp³-hybridized carbons (Fsp3) is 0.174. The molecule has 0 spiro atoms. The zero-order valence-electron chi connectivity index (χ0n) is 17.9. The lowest BCUT2D eigenvalue weighted by Crippen LogP contribution is -2.32. The van der Waals surface area contributed by atoms with Crippen molar-refractivity contribution in [3.63, 3.8) is 0 Å². The number of fused-ring (bicyclic) bond motifs is 1. The van der Waals surface area contributed by atoms with E-state index in [1.807, 2.05) is 5.38 Å². The Morgan fingerprint density at radius 1 is 1.00 bits per heavy atom. The highest BCUT2D eigenvalue weighted by Crippen LogP contribution is 2.31. The lowest BCUT2D eigenvalue weighted by Gasteiger charge is -2.22. The van der Waals surface area contributed by atoms with Gasteiger partial charge in [-0.3, -0.25) is 4.79 Å². The number of benzene rings is 2. The Balaban J connectivity index is 1.79. The molecular weight excluding hydrogens is 467 g/mol. The molecule has 0 fully saturated rings. The van der Waals surface area contributed by atoms with Crippen LogP contribution >= 0.6 is 11.3 Å². The molecule has 0 radical (unpaired) electrons. The number of methoxy groups -OCH3 is 2. The fourth-order valence-corrected chi connectivity index (χ4v) is 5.74. The van der Waals surface area contributed by atoms with Crippen molar-refractivity contribution in [2.24, 2.45) is 0 Å². The zero-order chi connectivity index (χ0) is 23.6. The highest BCUT2D eigenvalue weighted by molar-refractivity contribution is 7.89. The first-order valence-corrected chi connectivity index (χ1v) is 12.2. The second-order valence-electron chi connectivity index (χ2n) is 7.20. The summed E-state index contributed by atoms with van der Waals surface area (Å²) in [5.41, 5.74) is 0.281. The van der Waals surface area contributed by atoms with Gasteiger partial charge < -0.3 is 14.5 Å². The Bertz CT molecular complexity index is 1450. The van der Waals surface area contributed by atoms with Gasteiger partial charge in [-0.05, 0) is 35.7 Å². The average molecular weight is 489 g/mol. The number of thiophene rings is 1. The van der Waals surface area contributed by atoms with Gasteiger partial charge >= 0.3 is 0 Å². The lowest BCUT2D eigenvalue weighted by atomic mass is 10.1. The summed E-state index contributed by atoms with van der Waals surface area (Å²) < 4.78 is 52.9. The Labute approximate surface area is 194 Å². The van der Waals surface area contributed by atoms with E-state index in [0.717, 1.165) is 15.2 Å². The number of sulfonamides is 1. The summed E-state index contributed by atoms with van der Waals surface area (Å²) >= 11 is 1.38. The van der Waals surface area contributed by atoms with Crippen LogP contribution in [0, 0.1) is 5.82 Å². The minimum atomic E-state index is -4.23. The number of hydrogen-bond acceptors (Lipinski definition) is 6. The highest BCUT2D eigenvalue weighted by Gasteiger charge is 2.29. The Kier molecular flexibility index (Phi) is 6.50. The quantitative estimate of drug-likeness (QED) is 0.403. The molecule has 0 unspecified atom stereocenters. The van der Waals surface area contributed by atoms with Crippen LogP contribution in [0.15, 0.2) is 69.7 Å². The van der Waals surface area contributed by atoms with Gasteiger partial charge in [0.05, 0.1) is 19.7 Å². The molecule has 10 heteroatoms. The van der Waals surface area contributed by atoms with Crippen molar-refractivity contribution in [2.75, 3.05) is 14.2 Å². The number of aromatic nitrogens is 1. The average Bonchev–Trinajstić information content (AvgIpc) is 3.31. The van der Waals surface area contributed by atoms with Gasteiger partial charge in [-0.15, -0.1) is 11.3 Å². The Hall–Kier alpha value is -3.21. The molecule has 172 valence electrons. The number of aromatic amines is 1.